The highest BCUT2D eigenvalue weighted by Gasteiger charge is 2.20. The highest BCUT2D eigenvalue weighted by molar-refractivity contribution is 5.94. The number of hydrogen-bond donors (Lipinski definition) is 1. The Morgan fingerprint density at radius 1 is 1.56 bits per heavy atom. The van der Waals surface area contributed by atoms with E-state index in [1.807, 2.05) is 6.92 Å². The van der Waals surface area contributed by atoms with Gasteiger partial charge in [0.2, 0.25) is 0 Å². The molecule has 0 radical (unpaired) electrons. The second kappa shape index (κ2) is 6.96. The summed E-state index contributed by atoms with van der Waals surface area (Å²) in [6.07, 6.45) is 2.41. The first-order chi connectivity index (χ1) is 8.60. The number of pyridine rings is 1. The van der Waals surface area contributed by atoms with Crippen LogP contribution in [0.1, 0.15) is 30.6 Å². The smallest absolute Gasteiger partial charge is 0.255 e. The molecule has 1 unspecified atom stereocenters. The summed E-state index contributed by atoms with van der Waals surface area (Å²) in [6, 6.07) is 3.51. The number of hydrogen-bond acceptors (Lipinski definition) is 4. The first kappa shape index (κ1) is 14.4. The molecule has 1 atom stereocenters. The minimum absolute atomic E-state index is 0.0334. The number of carbonyl (C=O) groups is 1. The molecular formula is C13H21N3O2. The number of nitrogen functional groups attached to an aromatic ring is 1. The number of methoxy groups -OCH3 is 1. The third-order valence-corrected chi connectivity index (χ3v) is 2.95. The van der Waals surface area contributed by atoms with Crippen LogP contribution in [0.15, 0.2) is 18.3 Å². The van der Waals surface area contributed by atoms with E-state index in [9.17, 15) is 4.79 Å². The van der Waals surface area contributed by atoms with Crippen LogP contribution in [0.4, 0.5) is 5.82 Å². The topological polar surface area (TPSA) is 68.5 Å². The van der Waals surface area contributed by atoms with E-state index < -0.39 is 0 Å². The molecule has 18 heavy (non-hydrogen) atoms. The summed E-state index contributed by atoms with van der Waals surface area (Å²) in [6.45, 7) is 5.18. The Labute approximate surface area is 108 Å². The first-order valence-electron chi connectivity index (χ1n) is 6.11. The van der Waals surface area contributed by atoms with Crippen LogP contribution in [0.25, 0.3) is 0 Å². The summed E-state index contributed by atoms with van der Waals surface area (Å²) in [7, 11) is 1.63. The zero-order valence-electron chi connectivity index (χ0n) is 11.2. The van der Waals surface area contributed by atoms with Crippen LogP contribution in [0.2, 0.25) is 0 Å². The van der Waals surface area contributed by atoms with Gasteiger partial charge in [0.15, 0.2) is 0 Å². The molecule has 0 aliphatic heterocycles. The van der Waals surface area contributed by atoms with Crippen LogP contribution in [0.3, 0.4) is 0 Å². The van der Waals surface area contributed by atoms with Gasteiger partial charge in [-0.05, 0) is 25.5 Å². The monoisotopic (exact) mass is 251 g/mol. The van der Waals surface area contributed by atoms with Crippen molar-refractivity contribution in [3.63, 3.8) is 0 Å². The summed E-state index contributed by atoms with van der Waals surface area (Å²) in [5, 5.41) is 0. The fraction of sp³-hybridized carbons (Fsp3) is 0.538. The second-order valence-electron chi connectivity index (χ2n) is 4.22. The van der Waals surface area contributed by atoms with Crippen LogP contribution < -0.4 is 5.73 Å². The van der Waals surface area contributed by atoms with Crippen molar-refractivity contribution in [2.45, 2.75) is 26.3 Å². The molecule has 1 amide bonds. The molecule has 1 aromatic heterocycles. The molecule has 0 spiro atoms. The van der Waals surface area contributed by atoms with Gasteiger partial charge < -0.3 is 15.4 Å². The van der Waals surface area contributed by atoms with Crippen molar-refractivity contribution in [1.29, 1.82) is 0 Å². The average Bonchev–Trinajstić information content (AvgIpc) is 2.39. The van der Waals surface area contributed by atoms with E-state index >= 15 is 0 Å². The van der Waals surface area contributed by atoms with E-state index in [4.69, 9.17) is 10.5 Å². The van der Waals surface area contributed by atoms with Crippen molar-refractivity contribution in [2.75, 3.05) is 26.0 Å². The summed E-state index contributed by atoms with van der Waals surface area (Å²) in [5.41, 5.74) is 6.07. The average molecular weight is 251 g/mol. The van der Waals surface area contributed by atoms with Gasteiger partial charge in [0.25, 0.3) is 5.91 Å². The van der Waals surface area contributed by atoms with Gasteiger partial charge in [-0.15, -0.1) is 0 Å². The Hall–Kier alpha value is -1.62. The first-order valence-corrected chi connectivity index (χ1v) is 6.11. The van der Waals surface area contributed by atoms with Crippen molar-refractivity contribution in [1.82, 2.24) is 9.88 Å². The molecule has 0 aliphatic rings. The van der Waals surface area contributed by atoms with Crippen molar-refractivity contribution in [2.24, 2.45) is 0 Å². The lowest BCUT2D eigenvalue weighted by atomic mass is 10.1. The highest BCUT2D eigenvalue weighted by atomic mass is 16.5. The molecule has 2 N–H and O–H groups in total. The zero-order valence-corrected chi connectivity index (χ0v) is 11.2. The SMILES string of the molecule is CCC(C)N(CCOC)C(=O)c1ccc(N)nc1. The maximum absolute atomic E-state index is 12.4. The third kappa shape index (κ3) is 3.70. The molecule has 100 valence electrons. The van der Waals surface area contributed by atoms with Crippen molar-refractivity contribution in [3.8, 4) is 0 Å². The molecule has 0 saturated heterocycles. The molecule has 1 aromatic rings. The van der Waals surface area contributed by atoms with E-state index in [0.717, 1.165) is 6.42 Å². The van der Waals surface area contributed by atoms with Crippen molar-refractivity contribution >= 4 is 11.7 Å². The predicted molar refractivity (Wildman–Crippen MR) is 71.3 cm³/mol. The fourth-order valence-electron chi connectivity index (χ4n) is 1.63. The number of rotatable bonds is 6. The molecule has 0 aliphatic carbocycles. The molecule has 1 heterocycles. The van der Waals surface area contributed by atoms with E-state index in [2.05, 4.69) is 11.9 Å². The van der Waals surface area contributed by atoms with Crippen molar-refractivity contribution in [3.05, 3.63) is 23.9 Å². The second-order valence-corrected chi connectivity index (χ2v) is 4.22. The van der Waals surface area contributed by atoms with Crippen LogP contribution >= 0.6 is 0 Å². The van der Waals surface area contributed by atoms with Crippen LogP contribution in [-0.4, -0.2) is 42.1 Å². The maximum atomic E-state index is 12.4. The van der Waals surface area contributed by atoms with Crippen molar-refractivity contribution < 1.29 is 9.53 Å². The largest absolute Gasteiger partial charge is 0.384 e. The standard InChI is InChI=1S/C13H21N3O2/c1-4-10(2)16(7-8-18-3)13(17)11-5-6-12(14)15-9-11/h5-6,9-10H,4,7-8H2,1-3H3,(H2,14,15). The molecule has 0 aromatic carbocycles. The Morgan fingerprint density at radius 3 is 2.78 bits per heavy atom. The number of nitrogens with zero attached hydrogens (tertiary/aromatic N) is 2. The minimum Gasteiger partial charge on any atom is -0.384 e. The Kier molecular flexibility index (Phi) is 5.58. The molecule has 0 fully saturated rings. The van der Waals surface area contributed by atoms with Gasteiger partial charge in [-0.3, -0.25) is 4.79 Å². The minimum atomic E-state index is -0.0334. The summed E-state index contributed by atoms with van der Waals surface area (Å²) >= 11 is 0. The summed E-state index contributed by atoms with van der Waals surface area (Å²) in [5.74, 6) is 0.382. The number of nitrogens with two attached hydrogens (primary N) is 1. The lowest BCUT2D eigenvalue weighted by Crippen LogP contribution is -2.40. The van der Waals surface area contributed by atoms with Gasteiger partial charge in [-0.1, -0.05) is 6.92 Å². The molecule has 1 rings (SSSR count). The maximum Gasteiger partial charge on any atom is 0.255 e. The predicted octanol–water partition coefficient (Wildman–Crippen LogP) is 1.55. The number of anilines is 1. The van der Waals surface area contributed by atoms with E-state index in [-0.39, 0.29) is 11.9 Å². The Bertz CT molecular complexity index is 378. The summed E-state index contributed by atoms with van der Waals surface area (Å²) in [4.78, 5) is 18.1. The summed E-state index contributed by atoms with van der Waals surface area (Å²) < 4.78 is 5.04. The van der Waals surface area contributed by atoms with E-state index in [1.165, 1.54) is 6.20 Å². The number of amides is 1. The molecule has 5 nitrogen and oxygen atoms in total. The quantitative estimate of drug-likeness (QED) is 0.833. The van der Waals surface area contributed by atoms with E-state index in [0.29, 0.717) is 24.5 Å². The highest BCUT2D eigenvalue weighted by Crippen LogP contribution is 2.11. The number of carbonyl (C=O) groups excluding carboxylic acids is 1. The van der Waals surface area contributed by atoms with Gasteiger partial charge in [-0.2, -0.15) is 0 Å². The van der Waals surface area contributed by atoms with Gasteiger partial charge in [0, 0.05) is 25.9 Å². The Morgan fingerprint density at radius 2 is 2.28 bits per heavy atom. The van der Waals surface area contributed by atoms with Crippen LogP contribution in [0, 0.1) is 0 Å². The number of ether oxygens (including phenoxy) is 1. The fourth-order valence-corrected chi connectivity index (χ4v) is 1.63. The Balaban J connectivity index is 2.83. The number of aromatic nitrogens is 1. The van der Waals surface area contributed by atoms with Gasteiger partial charge in [0.05, 0.1) is 12.2 Å². The lowest BCUT2D eigenvalue weighted by molar-refractivity contribution is 0.0613. The molecule has 0 saturated carbocycles. The molecule has 5 heteroatoms. The van der Waals surface area contributed by atoms with Gasteiger partial charge in [0.1, 0.15) is 5.82 Å². The molecular weight excluding hydrogens is 230 g/mol. The lowest BCUT2D eigenvalue weighted by Gasteiger charge is -2.28. The van der Waals surface area contributed by atoms with E-state index in [1.54, 1.807) is 24.1 Å². The molecule has 0 bridgehead atoms. The normalized spacial score (nSPS) is 12.2. The van der Waals surface area contributed by atoms with Crippen LogP contribution in [-0.2, 0) is 4.74 Å². The third-order valence-electron chi connectivity index (χ3n) is 2.95. The zero-order chi connectivity index (χ0) is 13.5. The van der Waals surface area contributed by atoms with Crippen LogP contribution in [0.5, 0.6) is 0 Å². The van der Waals surface area contributed by atoms with Gasteiger partial charge in [-0.25, -0.2) is 4.98 Å². The van der Waals surface area contributed by atoms with Gasteiger partial charge >= 0.3 is 0 Å².